The molecule has 2 nitrogen and oxygen atoms in total. The van der Waals surface area contributed by atoms with Crippen LogP contribution in [0.15, 0.2) is 60.8 Å². The normalized spacial score (nSPS) is 21.1. The molecule has 136 valence electrons. The summed E-state index contributed by atoms with van der Waals surface area (Å²) in [6.07, 6.45) is 25.2. The third-order valence-corrected chi connectivity index (χ3v) is 5.70. The van der Waals surface area contributed by atoms with Crippen LogP contribution in [-0.2, 0) is 9.53 Å². The van der Waals surface area contributed by atoms with Crippen molar-refractivity contribution in [2.24, 2.45) is 10.8 Å². The monoisotopic (exact) mass is 358 g/mol. The van der Waals surface area contributed by atoms with Crippen LogP contribution in [0.2, 0.25) is 0 Å². The molecule has 25 heavy (non-hydrogen) atoms. The smallest absolute Gasteiger partial charge is 0.319 e. The molecule has 2 aliphatic rings. The molecule has 0 bridgehead atoms. The second-order valence-electron chi connectivity index (χ2n) is 6.82. The molecule has 0 aliphatic heterocycles. The van der Waals surface area contributed by atoms with Gasteiger partial charge in [0.15, 0.2) is 0 Å². The van der Waals surface area contributed by atoms with Gasteiger partial charge in [0.25, 0.3) is 0 Å². The second-order valence-corrected chi connectivity index (χ2v) is 8.30. The molecule has 0 aromatic carbocycles. The number of hydrogen-bond donors (Lipinski definition) is 0. The Balaban J connectivity index is 1.88. The van der Waals surface area contributed by atoms with Crippen molar-refractivity contribution in [3.63, 3.8) is 0 Å². The van der Waals surface area contributed by atoms with Gasteiger partial charge in [-0.2, -0.15) is 0 Å². The molecule has 3 heteroatoms. The fourth-order valence-corrected chi connectivity index (χ4v) is 3.90. The average Bonchev–Trinajstić information content (AvgIpc) is 2.62. The van der Waals surface area contributed by atoms with E-state index < -0.39 is 0 Å². The third kappa shape index (κ3) is 5.78. The van der Waals surface area contributed by atoms with E-state index in [1.165, 1.54) is 0 Å². The summed E-state index contributed by atoms with van der Waals surface area (Å²) in [6, 6.07) is 0. The first-order valence-corrected chi connectivity index (χ1v) is 10.3. The molecule has 0 amide bonds. The molecule has 1 unspecified atom stereocenters. The van der Waals surface area contributed by atoms with Gasteiger partial charge in [-0.05, 0) is 31.9 Å². The molecule has 0 radical (unpaired) electrons. The van der Waals surface area contributed by atoms with Crippen molar-refractivity contribution in [1.82, 2.24) is 0 Å². The van der Waals surface area contributed by atoms with Crippen LogP contribution in [0.4, 0.5) is 0 Å². The van der Waals surface area contributed by atoms with E-state index in [2.05, 4.69) is 74.6 Å². The molecule has 0 aromatic rings. The molecular weight excluding hydrogens is 328 g/mol. The Hall–Kier alpha value is -1.48. The molecule has 0 saturated heterocycles. The standard InChI is InChI=1S/C22H30O2S/c1-4-24-20(23)19(25-5-2)11-7-10-12-21(3)15-17-22(18-16-21)13-8-6-9-14-22/h7-10,13-19H,4-6,11-12H2,1-3H3/b10-7+. The minimum Gasteiger partial charge on any atom is -0.465 e. The van der Waals surface area contributed by atoms with E-state index in [1.807, 2.05) is 6.92 Å². The number of allylic oxidation sites excluding steroid dienone is 10. The molecule has 2 aliphatic carbocycles. The first-order chi connectivity index (χ1) is 12.0. The third-order valence-electron chi connectivity index (χ3n) is 4.58. The topological polar surface area (TPSA) is 26.3 Å². The maximum absolute atomic E-state index is 12.0. The quantitative estimate of drug-likeness (QED) is 0.415. The Morgan fingerprint density at radius 1 is 1.12 bits per heavy atom. The predicted octanol–water partition coefficient (Wildman–Crippen LogP) is 5.64. The van der Waals surface area contributed by atoms with E-state index in [0.29, 0.717) is 6.61 Å². The summed E-state index contributed by atoms with van der Waals surface area (Å²) in [5.74, 6) is 0.823. The molecule has 0 heterocycles. The first kappa shape index (κ1) is 19.8. The Morgan fingerprint density at radius 2 is 1.80 bits per heavy atom. The number of ether oxygens (including phenoxy) is 1. The van der Waals surface area contributed by atoms with Gasteiger partial charge in [0.2, 0.25) is 0 Å². The summed E-state index contributed by atoms with van der Waals surface area (Å²) in [5, 5.41) is -0.0905. The molecule has 0 N–H and O–H groups in total. The van der Waals surface area contributed by atoms with Crippen LogP contribution in [0.1, 0.15) is 40.0 Å². The fraction of sp³-hybridized carbons (Fsp3) is 0.500. The van der Waals surface area contributed by atoms with Crippen molar-refractivity contribution in [3.05, 3.63) is 60.8 Å². The minimum atomic E-state index is -0.0968. The van der Waals surface area contributed by atoms with E-state index in [9.17, 15) is 4.79 Å². The molecular formula is C22H30O2S. The van der Waals surface area contributed by atoms with E-state index in [1.54, 1.807) is 11.8 Å². The van der Waals surface area contributed by atoms with Gasteiger partial charge in [0.1, 0.15) is 5.25 Å². The average molecular weight is 359 g/mol. The molecule has 0 aromatic heterocycles. The van der Waals surface area contributed by atoms with Crippen LogP contribution >= 0.6 is 11.8 Å². The summed E-state index contributed by atoms with van der Waals surface area (Å²) < 4.78 is 5.16. The Labute approximate surface area is 156 Å². The molecule has 1 spiro atoms. The maximum Gasteiger partial charge on any atom is 0.319 e. The number of esters is 1. The maximum atomic E-state index is 12.0. The van der Waals surface area contributed by atoms with Gasteiger partial charge in [-0.25, -0.2) is 0 Å². The lowest BCUT2D eigenvalue weighted by Crippen LogP contribution is -2.20. The zero-order valence-corrected chi connectivity index (χ0v) is 16.4. The Bertz CT molecular complexity index is 567. The van der Waals surface area contributed by atoms with Crippen molar-refractivity contribution in [3.8, 4) is 0 Å². The summed E-state index contributed by atoms with van der Waals surface area (Å²) >= 11 is 1.66. The zero-order valence-electron chi connectivity index (χ0n) is 15.6. The molecule has 1 atom stereocenters. The number of hydrogen-bond acceptors (Lipinski definition) is 3. The van der Waals surface area contributed by atoms with E-state index in [4.69, 9.17) is 4.74 Å². The predicted molar refractivity (Wildman–Crippen MR) is 109 cm³/mol. The van der Waals surface area contributed by atoms with Crippen LogP contribution in [-0.4, -0.2) is 23.6 Å². The van der Waals surface area contributed by atoms with E-state index >= 15 is 0 Å². The van der Waals surface area contributed by atoms with Crippen LogP contribution in [0.25, 0.3) is 0 Å². The van der Waals surface area contributed by atoms with Crippen molar-refractivity contribution in [2.45, 2.75) is 45.3 Å². The Kier molecular flexibility index (Phi) is 7.37. The highest BCUT2D eigenvalue weighted by molar-refractivity contribution is 8.00. The van der Waals surface area contributed by atoms with Crippen molar-refractivity contribution < 1.29 is 9.53 Å². The van der Waals surface area contributed by atoms with E-state index in [0.717, 1.165) is 25.0 Å². The highest BCUT2D eigenvalue weighted by Crippen LogP contribution is 2.39. The summed E-state index contributed by atoms with van der Waals surface area (Å²) in [5.41, 5.74) is 0.0203. The lowest BCUT2D eigenvalue weighted by Gasteiger charge is -2.31. The molecule has 0 saturated carbocycles. The van der Waals surface area contributed by atoms with Crippen LogP contribution < -0.4 is 0 Å². The van der Waals surface area contributed by atoms with Gasteiger partial charge in [-0.3, -0.25) is 4.79 Å². The summed E-state index contributed by atoms with van der Waals surface area (Å²) in [4.78, 5) is 12.0. The number of carbonyl (C=O) groups is 1. The summed E-state index contributed by atoms with van der Waals surface area (Å²) in [7, 11) is 0. The van der Waals surface area contributed by atoms with Crippen molar-refractivity contribution in [1.29, 1.82) is 0 Å². The SMILES string of the molecule is CCOC(=O)C(C/C=C/CC1(C)C=CC2(C=CCC=C2)C=C1)SCC. The second kappa shape index (κ2) is 9.28. The summed E-state index contributed by atoms with van der Waals surface area (Å²) in [6.45, 7) is 6.62. The van der Waals surface area contributed by atoms with Gasteiger partial charge in [0.05, 0.1) is 6.61 Å². The number of rotatable bonds is 8. The Morgan fingerprint density at radius 3 is 2.40 bits per heavy atom. The zero-order chi connectivity index (χ0) is 18.2. The largest absolute Gasteiger partial charge is 0.465 e. The lowest BCUT2D eigenvalue weighted by molar-refractivity contribution is -0.142. The fourth-order valence-electron chi connectivity index (χ4n) is 3.04. The highest BCUT2D eigenvalue weighted by Gasteiger charge is 2.27. The number of thioether (sulfide) groups is 1. The molecule has 2 rings (SSSR count). The van der Waals surface area contributed by atoms with Gasteiger partial charge in [-0.15, -0.1) is 11.8 Å². The number of carbonyl (C=O) groups excluding carboxylic acids is 1. The minimum absolute atomic E-state index is 0.0196. The lowest BCUT2D eigenvalue weighted by atomic mass is 9.73. The molecule has 0 fully saturated rings. The highest BCUT2D eigenvalue weighted by atomic mass is 32.2. The van der Waals surface area contributed by atoms with E-state index in [-0.39, 0.29) is 22.0 Å². The van der Waals surface area contributed by atoms with Gasteiger partial charge >= 0.3 is 5.97 Å². The van der Waals surface area contributed by atoms with Crippen LogP contribution in [0.3, 0.4) is 0 Å². The van der Waals surface area contributed by atoms with Gasteiger partial charge in [-0.1, -0.05) is 74.6 Å². The van der Waals surface area contributed by atoms with Crippen molar-refractivity contribution in [2.75, 3.05) is 12.4 Å². The van der Waals surface area contributed by atoms with Crippen molar-refractivity contribution >= 4 is 17.7 Å². The van der Waals surface area contributed by atoms with Crippen LogP contribution in [0, 0.1) is 10.8 Å². The van der Waals surface area contributed by atoms with Gasteiger partial charge < -0.3 is 4.74 Å². The first-order valence-electron chi connectivity index (χ1n) is 9.22. The van der Waals surface area contributed by atoms with Crippen LogP contribution in [0.5, 0.6) is 0 Å². The van der Waals surface area contributed by atoms with Gasteiger partial charge in [0, 0.05) is 10.8 Å².